The van der Waals surface area contributed by atoms with E-state index in [2.05, 4.69) is 18.3 Å². The van der Waals surface area contributed by atoms with Gasteiger partial charge in [0.2, 0.25) is 0 Å². The number of rotatable bonds is 4. The number of benzene rings is 2. The summed E-state index contributed by atoms with van der Waals surface area (Å²) in [4.78, 5) is 18.0. The van der Waals surface area contributed by atoms with Crippen LogP contribution in [-0.2, 0) is 16.0 Å². The lowest BCUT2D eigenvalue weighted by Gasteiger charge is -2.06. The van der Waals surface area contributed by atoms with Crippen LogP contribution < -0.4 is 5.32 Å². The van der Waals surface area contributed by atoms with Gasteiger partial charge in [-0.05, 0) is 48.0 Å². The molecule has 0 aromatic heterocycles. The Bertz CT molecular complexity index is 685. The number of aliphatic carboxylic acids is 2. The summed E-state index contributed by atoms with van der Waals surface area (Å²) in [6.07, 6.45) is 0.964. The summed E-state index contributed by atoms with van der Waals surface area (Å²) in [5.74, 6) is -1.81. The van der Waals surface area contributed by atoms with E-state index in [1.807, 2.05) is 12.1 Å². The lowest BCUT2D eigenvalue weighted by Crippen LogP contribution is -2.15. The van der Waals surface area contributed by atoms with Crippen molar-refractivity contribution in [1.82, 2.24) is 5.32 Å². The Kier molecular flexibility index (Phi) is 13.6. The number of likely N-dealkylation sites (N-methyl/N-ethyl adjacent to an activating group) is 1. The van der Waals surface area contributed by atoms with Gasteiger partial charge in [0.15, 0.2) is 11.5 Å². The molecule has 0 bridgehead atoms. The molecule has 0 saturated carbocycles. The molecule has 0 radical (unpaired) electrons. The van der Waals surface area contributed by atoms with Crippen molar-refractivity contribution in [3.8, 4) is 11.5 Å². The molecule has 0 atom stereocenters. The molecule has 0 aliphatic carbocycles. The molecule has 0 spiro atoms. The fraction of sp³-hybridized carbons (Fsp3) is 0.333. The Balaban J connectivity index is 0. The maximum absolute atomic E-state index is 9.46. The summed E-state index contributed by atoms with van der Waals surface area (Å²) in [7, 11) is 0. The van der Waals surface area contributed by atoms with Crippen molar-refractivity contribution >= 4 is 35.1 Å². The van der Waals surface area contributed by atoms with Crippen LogP contribution in [0.3, 0.4) is 0 Å². The zero-order valence-corrected chi connectivity index (χ0v) is 15.8. The first-order valence-electron chi connectivity index (χ1n) is 7.71. The molecule has 0 heterocycles. The van der Waals surface area contributed by atoms with Gasteiger partial charge in [-0.2, -0.15) is 0 Å². The molecular weight excluding hydrogens is 362 g/mol. The first-order chi connectivity index (χ1) is 11.7. The SMILES string of the molecule is CC(=O)O.CC(=O)O.CCNCCc1ccc2cc(O)c(O)cc2c1.Cl. The van der Waals surface area contributed by atoms with E-state index in [0.717, 1.165) is 44.1 Å². The van der Waals surface area contributed by atoms with E-state index in [4.69, 9.17) is 19.8 Å². The van der Waals surface area contributed by atoms with Crippen LogP contribution >= 0.6 is 12.4 Å². The second-order valence-electron chi connectivity index (χ2n) is 5.16. The first-order valence-corrected chi connectivity index (χ1v) is 7.71. The van der Waals surface area contributed by atoms with Crippen LogP contribution in [-0.4, -0.2) is 45.5 Å². The summed E-state index contributed by atoms with van der Waals surface area (Å²) in [5, 5.41) is 38.9. The molecular formula is C18H26ClNO6. The van der Waals surface area contributed by atoms with Crippen LogP contribution in [0.1, 0.15) is 26.3 Å². The molecule has 0 saturated heterocycles. The molecule has 5 N–H and O–H groups in total. The van der Waals surface area contributed by atoms with Gasteiger partial charge in [-0.3, -0.25) is 9.59 Å². The van der Waals surface area contributed by atoms with E-state index in [1.165, 1.54) is 5.56 Å². The minimum Gasteiger partial charge on any atom is -0.504 e. The Morgan fingerprint density at radius 1 is 0.923 bits per heavy atom. The highest BCUT2D eigenvalue weighted by Gasteiger charge is 2.03. The third-order valence-corrected chi connectivity index (χ3v) is 2.84. The molecule has 0 aliphatic rings. The minimum atomic E-state index is -0.833. The molecule has 146 valence electrons. The zero-order chi connectivity index (χ0) is 19.4. The topological polar surface area (TPSA) is 127 Å². The molecule has 0 fully saturated rings. The van der Waals surface area contributed by atoms with Crippen molar-refractivity contribution in [2.75, 3.05) is 13.1 Å². The van der Waals surface area contributed by atoms with Crippen LogP contribution in [0.15, 0.2) is 30.3 Å². The quantitative estimate of drug-likeness (QED) is 0.403. The molecule has 7 nitrogen and oxygen atoms in total. The number of phenolic OH excluding ortho intramolecular Hbond substituents is 2. The van der Waals surface area contributed by atoms with E-state index in [-0.39, 0.29) is 23.9 Å². The number of fused-ring (bicyclic) bond motifs is 1. The third kappa shape index (κ3) is 11.9. The highest BCUT2D eigenvalue weighted by atomic mass is 35.5. The second-order valence-corrected chi connectivity index (χ2v) is 5.16. The molecule has 0 aliphatic heterocycles. The number of phenols is 2. The van der Waals surface area contributed by atoms with Gasteiger partial charge in [-0.1, -0.05) is 25.1 Å². The van der Waals surface area contributed by atoms with E-state index >= 15 is 0 Å². The van der Waals surface area contributed by atoms with Gasteiger partial charge < -0.3 is 25.7 Å². The Morgan fingerprint density at radius 2 is 1.38 bits per heavy atom. The van der Waals surface area contributed by atoms with Gasteiger partial charge in [0, 0.05) is 13.8 Å². The van der Waals surface area contributed by atoms with Crippen molar-refractivity contribution in [3.63, 3.8) is 0 Å². The van der Waals surface area contributed by atoms with Gasteiger partial charge in [0.05, 0.1) is 0 Å². The molecule has 0 amide bonds. The summed E-state index contributed by atoms with van der Waals surface area (Å²) in [5.41, 5.74) is 1.23. The Hall–Kier alpha value is -2.51. The lowest BCUT2D eigenvalue weighted by atomic mass is 10.0. The standard InChI is InChI=1S/C14H17NO2.2C2H4O2.ClH/c1-2-15-6-5-10-3-4-11-8-13(16)14(17)9-12(11)7-10;2*1-2(3)4;/h3-4,7-9,15-17H,2,5-6H2,1H3;2*1H3,(H,3,4);1H. The largest absolute Gasteiger partial charge is 0.504 e. The fourth-order valence-corrected chi connectivity index (χ4v) is 1.89. The van der Waals surface area contributed by atoms with Gasteiger partial charge in [0.25, 0.3) is 11.9 Å². The smallest absolute Gasteiger partial charge is 0.300 e. The van der Waals surface area contributed by atoms with Crippen LogP contribution in [0, 0.1) is 0 Å². The molecule has 8 heteroatoms. The van der Waals surface area contributed by atoms with E-state index in [0.29, 0.717) is 0 Å². The normalized spacial score (nSPS) is 9.04. The summed E-state index contributed by atoms with van der Waals surface area (Å²) < 4.78 is 0. The summed E-state index contributed by atoms with van der Waals surface area (Å²) in [6.45, 7) is 6.18. The predicted octanol–water partition coefficient (Wildman–Crippen LogP) is 3.01. The summed E-state index contributed by atoms with van der Waals surface area (Å²) >= 11 is 0. The molecule has 0 unspecified atom stereocenters. The van der Waals surface area contributed by atoms with Crippen molar-refractivity contribution in [2.24, 2.45) is 0 Å². The van der Waals surface area contributed by atoms with Gasteiger partial charge in [-0.25, -0.2) is 0 Å². The van der Waals surface area contributed by atoms with Gasteiger partial charge in [-0.15, -0.1) is 12.4 Å². The third-order valence-electron chi connectivity index (χ3n) is 2.84. The predicted molar refractivity (Wildman–Crippen MR) is 103 cm³/mol. The number of carboxylic acids is 2. The lowest BCUT2D eigenvalue weighted by molar-refractivity contribution is -0.135. The highest BCUT2D eigenvalue weighted by molar-refractivity contribution is 5.86. The fourth-order valence-electron chi connectivity index (χ4n) is 1.89. The number of aromatic hydroxyl groups is 2. The van der Waals surface area contributed by atoms with Crippen LogP contribution in [0.2, 0.25) is 0 Å². The van der Waals surface area contributed by atoms with Crippen LogP contribution in [0.5, 0.6) is 11.5 Å². The summed E-state index contributed by atoms with van der Waals surface area (Å²) in [6, 6.07) is 9.25. The number of carbonyl (C=O) groups is 2. The van der Waals surface area contributed by atoms with Crippen LogP contribution in [0.4, 0.5) is 0 Å². The maximum Gasteiger partial charge on any atom is 0.300 e. The Labute approximate surface area is 158 Å². The number of nitrogens with one attached hydrogen (secondary N) is 1. The maximum atomic E-state index is 9.46. The van der Waals surface area contributed by atoms with E-state index in [1.54, 1.807) is 12.1 Å². The monoisotopic (exact) mass is 387 g/mol. The first kappa shape index (κ1) is 25.7. The number of halogens is 1. The van der Waals surface area contributed by atoms with Crippen molar-refractivity contribution < 1.29 is 30.0 Å². The van der Waals surface area contributed by atoms with E-state index in [9.17, 15) is 10.2 Å². The molecule has 2 aromatic carbocycles. The van der Waals surface area contributed by atoms with Crippen molar-refractivity contribution in [3.05, 3.63) is 35.9 Å². The van der Waals surface area contributed by atoms with Gasteiger partial charge in [0.1, 0.15) is 0 Å². The molecule has 2 rings (SSSR count). The van der Waals surface area contributed by atoms with Crippen molar-refractivity contribution in [2.45, 2.75) is 27.2 Å². The number of carboxylic acid groups (broad SMARTS) is 2. The average molecular weight is 388 g/mol. The zero-order valence-electron chi connectivity index (χ0n) is 15.0. The average Bonchev–Trinajstić information content (AvgIpc) is 2.48. The van der Waals surface area contributed by atoms with E-state index < -0.39 is 11.9 Å². The van der Waals surface area contributed by atoms with Crippen LogP contribution in [0.25, 0.3) is 10.8 Å². The minimum absolute atomic E-state index is 0. The van der Waals surface area contributed by atoms with Crippen molar-refractivity contribution in [1.29, 1.82) is 0 Å². The second kappa shape index (κ2) is 13.7. The molecule has 2 aromatic rings. The van der Waals surface area contributed by atoms with Gasteiger partial charge >= 0.3 is 0 Å². The molecule has 26 heavy (non-hydrogen) atoms. The number of hydrogen-bond acceptors (Lipinski definition) is 5. The number of hydrogen-bond donors (Lipinski definition) is 5. The highest BCUT2D eigenvalue weighted by Crippen LogP contribution is 2.30. The Morgan fingerprint density at radius 3 is 1.85 bits per heavy atom.